The number of ether oxygens (including phenoxy) is 1. The molecule has 0 aromatic rings. The van der Waals surface area contributed by atoms with Gasteiger partial charge in [0.1, 0.15) is 11.7 Å². The summed E-state index contributed by atoms with van der Waals surface area (Å²) in [5.41, 5.74) is -0.816. The van der Waals surface area contributed by atoms with Crippen LogP contribution in [0.15, 0.2) is 0 Å². The predicted octanol–water partition coefficient (Wildman–Crippen LogP) is 3.88. The normalized spacial score (nSPS) is 23.6. The fourth-order valence-electron chi connectivity index (χ4n) is 2.30. The lowest BCUT2D eigenvalue weighted by atomic mass is 10.0. The number of ketones is 2. The summed E-state index contributed by atoms with van der Waals surface area (Å²) in [6.45, 7) is 16.5. The van der Waals surface area contributed by atoms with Crippen molar-refractivity contribution in [1.82, 2.24) is 0 Å². The van der Waals surface area contributed by atoms with E-state index in [0.717, 1.165) is 0 Å². The maximum Gasteiger partial charge on any atom is 0.192 e. The molecule has 0 amide bonds. The van der Waals surface area contributed by atoms with Crippen LogP contribution in [-0.4, -0.2) is 37.7 Å². The Kier molecular flexibility index (Phi) is 5.80. The number of hydrogen-bond acceptors (Lipinski definition) is 4. The third-order valence-electron chi connectivity index (χ3n) is 4.94. The van der Waals surface area contributed by atoms with Gasteiger partial charge in [0.15, 0.2) is 19.9 Å². The van der Waals surface area contributed by atoms with Crippen molar-refractivity contribution in [3.05, 3.63) is 0 Å². The lowest BCUT2D eigenvalue weighted by molar-refractivity contribution is -0.137. The van der Waals surface area contributed by atoms with Crippen molar-refractivity contribution >= 4 is 19.9 Å². The van der Waals surface area contributed by atoms with Gasteiger partial charge in [-0.15, -0.1) is 0 Å². The zero-order valence-corrected chi connectivity index (χ0v) is 16.4. The molecular formula is C17H32O4Si. The molecule has 2 atom stereocenters. The highest BCUT2D eigenvalue weighted by molar-refractivity contribution is 6.74. The van der Waals surface area contributed by atoms with Crippen molar-refractivity contribution in [2.24, 2.45) is 0 Å². The molecule has 0 aromatic heterocycles. The second kappa shape index (κ2) is 6.54. The third kappa shape index (κ3) is 4.73. The first-order chi connectivity index (χ1) is 9.76. The minimum absolute atomic E-state index is 0.0106. The van der Waals surface area contributed by atoms with Gasteiger partial charge in [0, 0.05) is 18.9 Å². The number of carbonyl (C=O) groups is 2. The van der Waals surface area contributed by atoms with Gasteiger partial charge in [-0.2, -0.15) is 0 Å². The molecule has 0 spiro atoms. The molecule has 2 unspecified atom stereocenters. The van der Waals surface area contributed by atoms with Crippen LogP contribution in [0.5, 0.6) is 0 Å². The van der Waals surface area contributed by atoms with E-state index in [1.54, 1.807) is 13.8 Å². The van der Waals surface area contributed by atoms with E-state index < -0.39 is 20.0 Å². The Bertz CT molecular complexity index is 434. The van der Waals surface area contributed by atoms with E-state index in [2.05, 4.69) is 33.9 Å². The van der Waals surface area contributed by atoms with Gasteiger partial charge < -0.3 is 9.16 Å². The Morgan fingerprint density at radius 3 is 2.36 bits per heavy atom. The highest BCUT2D eigenvalue weighted by Gasteiger charge is 2.43. The van der Waals surface area contributed by atoms with Crippen molar-refractivity contribution in [2.45, 2.75) is 96.7 Å². The van der Waals surface area contributed by atoms with Gasteiger partial charge in [-0.25, -0.2) is 0 Å². The van der Waals surface area contributed by atoms with E-state index in [-0.39, 0.29) is 29.1 Å². The summed E-state index contributed by atoms with van der Waals surface area (Å²) < 4.78 is 11.8. The van der Waals surface area contributed by atoms with Crippen molar-refractivity contribution in [3.63, 3.8) is 0 Å². The second-order valence-corrected chi connectivity index (χ2v) is 13.2. The topological polar surface area (TPSA) is 52.6 Å². The van der Waals surface area contributed by atoms with E-state index >= 15 is 0 Å². The summed E-state index contributed by atoms with van der Waals surface area (Å²) in [5.74, 6) is 0.0287. The largest absolute Gasteiger partial charge is 0.414 e. The van der Waals surface area contributed by atoms with Gasteiger partial charge in [-0.3, -0.25) is 9.59 Å². The van der Waals surface area contributed by atoms with Crippen molar-refractivity contribution < 1.29 is 18.8 Å². The van der Waals surface area contributed by atoms with Crippen LogP contribution in [0.25, 0.3) is 0 Å². The lowest BCUT2D eigenvalue weighted by Crippen LogP contribution is -2.43. The molecule has 0 saturated carbocycles. The predicted molar refractivity (Wildman–Crippen MR) is 90.6 cm³/mol. The fraction of sp³-hybridized carbons (Fsp3) is 0.882. The molecular weight excluding hydrogens is 296 g/mol. The van der Waals surface area contributed by atoms with Gasteiger partial charge in [-0.1, -0.05) is 20.8 Å². The van der Waals surface area contributed by atoms with Gasteiger partial charge in [0.25, 0.3) is 0 Å². The standard InChI is InChI=1S/C17H32O4Si/c1-12(21-22(7,8)16(2,3)4)9-10-13(18)14-11-15(19)17(5,6)20-14/h12,14H,9-11H2,1-8H3. The first-order valence-corrected chi connectivity index (χ1v) is 11.1. The Labute approximate surface area is 136 Å². The van der Waals surface area contributed by atoms with Crippen LogP contribution >= 0.6 is 0 Å². The summed E-state index contributed by atoms with van der Waals surface area (Å²) in [6, 6.07) is 0. The third-order valence-corrected chi connectivity index (χ3v) is 9.54. The van der Waals surface area contributed by atoms with Crippen LogP contribution < -0.4 is 0 Å². The smallest absolute Gasteiger partial charge is 0.192 e. The van der Waals surface area contributed by atoms with E-state index in [1.165, 1.54) is 0 Å². The van der Waals surface area contributed by atoms with Crippen LogP contribution in [0.2, 0.25) is 18.1 Å². The zero-order valence-electron chi connectivity index (χ0n) is 15.4. The molecule has 1 saturated heterocycles. The quantitative estimate of drug-likeness (QED) is 0.694. The van der Waals surface area contributed by atoms with Crippen LogP contribution in [0.3, 0.4) is 0 Å². The molecule has 4 nitrogen and oxygen atoms in total. The monoisotopic (exact) mass is 328 g/mol. The van der Waals surface area contributed by atoms with Crippen molar-refractivity contribution in [1.29, 1.82) is 0 Å². The molecule has 0 aromatic carbocycles. The summed E-state index contributed by atoms with van der Waals surface area (Å²) >= 11 is 0. The average Bonchev–Trinajstić information content (AvgIpc) is 2.59. The highest BCUT2D eigenvalue weighted by Crippen LogP contribution is 2.37. The maximum atomic E-state index is 12.2. The first-order valence-electron chi connectivity index (χ1n) is 8.18. The number of carbonyl (C=O) groups excluding carboxylic acids is 2. The molecule has 1 heterocycles. The van der Waals surface area contributed by atoms with Gasteiger partial charge >= 0.3 is 0 Å². The minimum atomic E-state index is -1.80. The molecule has 5 heteroatoms. The summed E-state index contributed by atoms with van der Waals surface area (Å²) in [6.07, 6.45) is 0.782. The molecule has 0 aliphatic carbocycles. The molecule has 1 aliphatic heterocycles. The molecule has 1 aliphatic rings. The number of rotatable bonds is 6. The van der Waals surface area contributed by atoms with E-state index in [9.17, 15) is 9.59 Å². The summed E-state index contributed by atoms with van der Waals surface area (Å²) in [4.78, 5) is 24.0. The minimum Gasteiger partial charge on any atom is -0.414 e. The average molecular weight is 329 g/mol. The molecule has 1 rings (SSSR count). The van der Waals surface area contributed by atoms with Crippen LogP contribution in [0, 0.1) is 0 Å². The van der Waals surface area contributed by atoms with Crippen molar-refractivity contribution in [3.8, 4) is 0 Å². The summed E-state index contributed by atoms with van der Waals surface area (Å²) in [5, 5.41) is 0.163. The van der Waals surface area contributed by atoms with Gasteiger partial charge in [-0.05, 0) is 45.3 Å². The Morgan fingerprint density at radius 2 is 1.95 bits per heavy atom. The van der Waals surface area contributed by atoms with Crippen LogP contribution in [-0.2, 0) is 18.8 Å². The van der Waals surface area contributed by atoms with Gasteiger partial charge in [0.05, 0.1) is 0 Å². The van der Waals surface area contributed by atoms with E-state index in [1.807, 2.05) is 6.92 Å². The number of Topliss-reactive ketones (excluding diaryl/α,β-unsaturated/α-hetero) is 2. The Hall–Kier alpha value is -0.523. The SMILES string of the molecule is CC(CCC(=O)C1CC(=O)C(C)(C)O1)O[Si](C)(C)C(C)(C)C. The summed E-state index contributed by atoms with van der Waals surface area (Å²) in [7, 11) is -1.80. The van der Waals surface area contributed by atoms with E-state index in [0.29, 0.717) is 12.8 Å². The van der Waals surface area contributed by atoms with Crippen molar-refractivity contribution in [2.75, 3.05) is 0 Å². The van der Waals surface area contributed by atoms with E-state index in [4.69, 9.17) is 9.16 Å². The highest BCUT2D eigenvalue weighted by atomic mass is 28.4. The Balaban J connectivity index is 2.47. The lowest BCUT2D eigenvalue weighted by Gasteiger charge is -2.38. The molecule has 0 bridgehead atoms. The van der Waals surface area contributed by atoms with Gasteiger partial charge in [0.2, 0.25) is 0 Å². The maximum absolute atomic E-state index is 12.2. The molecule has 0 N–H and O–H groups in total. The molecule has 0 radical (unpaired) electrons. The first kappa shape index (κ1) is 19.5. The molecule has 22 heavy (non-hydrogen) atoms. The van der Waals surface area contributed by atoms with Crippen LogP contribution in [0.4, 0.5) is 0 Å². The fourth-order valence-corrected chi connectivity index (χ4v) is 3.78. The van der Waals surface area contributed by atoms with Crippen LogP contribution in [0.1, 0.15) is 60.8 Å². The number of hydrogen-bond donors (Lipinski definition) is 0. The second-order valence-electron chi connectivity index (χ2n) is 8.44. The zero-order chi connectivity index (χ0) is 17.3. The molecule has 128 valence electrons. The Morgan fingerprint density at radius 1 is 1.41 bits per heavy atom. The molecule has 1 fully saturated rings.